The summed E-state index contributed by atoms with van der Waals surface area (Å²) < 4.78 is 14.4. The monoisotopic (exact) mass is 484 g/mol. The van der Waals surface area contributed by atoms with Crippen molar-refractivity contribution in [2.45, 2.75) is 13.5 Å². The van der Waals surface area contributed by atoms with Crippen LogP contribution in [0.2, 0.25) is 0 Å². The zero-order valence-electron chi connectivity index (χ0n) is 19.2. The van der Waals surface area contributed by atoms with Crippen LogP contribution in [0.1, 0.15) is 17.3 Å². The number of nitrogens with zero attached hydrogens (tertiary/aromatic N) is 4. The van der Waals surface area contributed by atoms with Gasteiger partial charge < -0.3 is 9.47 Å². The quantitative estimate of drug-likeness (QED) is 0.255. The van der Waals surface area contributed by atoms with Crippen LogP contribution in [-0.4, -0.2) is 33.8 Å². The first-order valence-electron chi connectivity index (χ1n) is 11.4. The normalized spacial score (nSPS) is 10.9. The molecule has 0 saturated heterocycles. The number of carbonyl (C=O) groups excluding carboxylic acids is 1. The number of anilines is 1. The summed E-state index contributed by atoms with van der Waals surface area (Å²) in [4.78, 5) is 20.2. The largest absolute Gasteiger partial charge is 0.492 e. The van der Waals surface area contributed by atoms with Gasteiger partial charge >= 0.3 is 0 Å². The van der Waals surface area contributed by atoms with Crippen LogP contribution in [0.25, 0.3) is 10.2 Å². The van der Waals surface area contributed by atoms with Gasteiger partial charge in [0, 0.05) is 24.5 Å². The second-order valence-electron chi connectivity index (χ2n) is 7.70. The Hall–Kier alpha value is -4.17. The van der Waals surface area contributed by atoms with Crippen molar-refractivity contribution in [3.8, 4) is 17.2 Å². The Morgan fingerprint density at radius 1 is 0.971 bits per heavy atom. The number of thiazole rings is 1. The van der Waals surface area contributed by atoms with Crippen molar-refractivity contribution in [3.63, 3.8) is 0 Å². The first kappa shape index (κ1) is 22.6. The zero-order chi connectivity index (χ0) is 24.0. The molecule has 5 rings (SSSR count). The van der Waals surface area contributed by atoms with Crippen molar-refractivity contribution in [2.75, 3.05) is 18.1 Å². The third-order valence-corrected chi connectivity index (χ3v) is 6.38. The molecule has 0 aliphatic carbocycles. The van der Waals surface area contributed by atoms with Crippen LogP contribution in [0.5, 0.6) is 17.2 Å². The van der Waals surface area contributed by atoms with Crippen molar-refractivity contribution in [2.24, 2.45) is 0 Å². The fraction of sp³-hybridized carbons (Fsp3) is 0.148. The van der Waals surface area contributed by atoms with Crippen molar-refractivity contribution in [1.82, 2.24) is 14.8 Å². The third kappa shape index (κ3) is 5.17. The summed E-state index contributed by atoms with van der Waals surface area (Å²) in [5, 5.41) is 4.89. The van der Waals surface area contributed by atoms with Gasteiger partial charge in [-0.15, -0.1) is 0 Å². The molecule has 0 N–H and O–H groups in total. The summed E-state index contributed by atoms with van der Waals surface area (Å²) in [6, 6.07) is 24.4. The fourth-order valence-electron chi connectivity index (χ4n) is 3.66. The number of rotatable bonds is 9. The highest BCUT2D eigenvalue weighted by Crippen LogP contribution is 2.35. The fourth-order valence-corrected chi connectivity index (χ4v) is 4.67. The summed E-state index contributed by atoms with van der Waals surface area (Å²) in [6.45, 7) is 3.46. The van der Waals surface area contributed by atoms with E-state index in [1.807, 2.05) is 67.7 Å². The lowest BCUT2D eigenvalue weighted by molar-refractivity contribution is 0.0985. The molecule has 0 saturated carbocycles. The maximum atomic E-state index is 13.7. The highest BCUT2D eigenvalue weighted by molar-refractivity contribution is 7.22. The standard InChI is InChI=1S/C27H24N4O3S/c1-2-33-23-10-6-11-24-25(23)29-27(35-24)31(19-18-30-17-7-16-28-30)26(32)20-12-14-22(15-13-20)34-21-8-4-3-5-9-21/h3-17H,2,18-19H2,1H3. The van der Waals surface area contributed by atoms with Gasteiger partial charge in [0.05, 0.1) is 17.9 Å². The molecule has 1 amide bonds. The van der Waals surface area contributed by atoms with Crippen molar-refractivity contribution in [1.29, 1.82) is 0 Å². The molecule has 5 aromatic rings. The molecule has 0 unspecified atom stereocenters. The number of hydrogen-bond acceptors (Lipinski definition) is 6. The summed E-state index contributed by atoms with van der Waals surface area (Å²) >= 11 is 1.47. The number of ether oxygens (including phenoxy) is 2. The Morgan fingerprint density at radius 3 is 2.51 bits per heavy atom. The number of fused-ring (bicyclic) bond motifs is 1. The SMILES string of the molecule is CCOc1cccc2sc(N(CCn3cccn3)C(=O)c3ccc(Oc4ccccc4)cc3)nc12. The van der Waals surface area contributed by atoms with Gasteiger partial charge in [0.15, 0.2) is 5.13 Å². The van der Waals surface area contributed by atoms with E-state index in [9.17, 15) is 4.79 Å². The predicted molar refractivity (Wildman–Crippen MR) is 138 cm³/mol. The lowest BCUT2D eigenvalue weighted by atomic mass is 10.2. The minimum Gasteiger partial charge on any atom is -0.492 e. The van der Waals surface area contributed by atoms with Crippen LogP contribution >= 0.6 is 11.3 Å². The van der Waals surface area contributed by atoms with E-state index in [2.05, 4.69) is 5.10 Å². The first-order valence-corrected chi connectivity index (χ1v) is 12.2. The Morgan fingerprint density at radius 2 is 1.77 bits per heavy atom. The summed E-state index contributed by atoms with van der Waals surface area (Å²) in [7, 11) is 0. The van der Waals surface area contributed by atoms with Gasteiger partial charge in [0.2, 0.25) is 0 Å². The predicted octanol–water partition coefficient (Wildman–Crippen LogP) is 6.03. The van der Waals surface area contributed by atoms with Crippen molar-refractivity contribution >= 4 is 32.6 Å². The molecule has 0 aliphatic rings. The minimum atomic E-state index is -0.138. The zero-order valence-corrected chi connectivity index (χ0v) is 20.0. The van der Waals surface area contributed by atoms with E-state index in [0.29, 0.717) is 36.1 Å². The first-order chi connectivity index (χ1) is 17.2. The molecule has 2 aromatic heterocycles. The third-order valence-electron chi connectivity index (χ3n) is 5.34. The Bertz CT molecular complexity index is 1400. The van der Waals surface area contributed by atoms with E-state index < -0.39 is 0 Å². The Kier molecular flexibility index (Phi) is 6.72. The molecule has 0 radical (unpaired) electrons. The lowest BCUT2D eigenvalue weighted by Crippen LogP contribution is -2.34. The molecular formula is C27H24N4O3S. The van der Waals surface area contributed by atoms with Crippen LogP contribution in [-0.2, 0) is 6.54 Å². The highest BCUT2D eigenvalue weighted by atomic mass is 32.1. The van der Waals surface area contributed by atoms with Gasteiger partial charge in [0.1, 0.15) is 22.8 Å². The van der Waals surface area contributed by atoms with Crippen molar-refractivity contribution < 1.29 is 14.3 Å². The van der Waals surface area contributed by atoms with Crippen LogP contribution in [0.3, 0.4) is 0 Å². The van der Waals surface area contributed by atoms with Gasteiger partial charge in [-0.05, 0) is 61.5 Å². The molecule has 35 heavy (non-hydrogen) atoms. The number of aromatic nitrogens is 3. The van der Waals surface area contributed by atoms with E-state index in [1.165, 1.54) is 11.3 Å². The van der Waals surface area contributed by atoms with Crippen LogP contribution < -0.4 is 14.4 Å². The summed E-state index contributed by atoms with van der Waals surface area (Å²) in [5.41, 5.74) is 1.31. The van der Waals surface area contributed by atoms with Gasteiger partial charge in [-0.25, -0.2) is 4.98 Å². The van der Waals surface area contributed by atoms with E-state index >= 15 is 0 Å². The van der Waals surface area contributed by atoms with Gasteiger partial charge in [0.25, 0.3) is 5.91 Å². The Labute approximate surface area is 207 Å². The maximum Gasteiger partial charge on any atom is 0.260 e. The second kappa shape index (κ2) is 10.4. The van der Waals surface area contributed by atoms with Gasteiger partial charge in [-0.2, -0.15) is 5.10 Å². The average Bonchev–Trinajstić information content (AvgIpc) is 3.56. The molecule has 7 nitrogen and oxygen atoms in total. The van der Waals surface area contributed by atoms with E-state index in [0.717, 1.165) is 21.7 Å². The van der Waals surface area contributed by atoms with Gasteiger partial charge in [-0.1, -0.05) is 35.6 Å². The lowest BCUT2D eigenvalue weighted by Gasteiger charge is -2.20. The number of hydrogen-bond donors (Lipinski definition) is 0. The molecule has 3 aromatic carbocycles. The number of para-hydroxylation sites is 2. The van der Waals surface area contributed by atoms with Gasteiger partial charge in [-0.3, -0.25) is 14.4 Å². The van der Waals surface area contributed by atoms with E-state index in [1.54, 1.807) is 40.0 Å². The highest BCUT2D eigenvalue weighted by Gasteiger charge is 2.22. The molecule has 2 heterocycles. The number of benzene rings is 3. The molecule has 8 heteroatoms. The van der Waals surface area contributed by atoms with E-state index in [-0.39, 0.29) is 5.91 Å². The maximum absolute atomic E-state index is 13.7. The van der Waals surface area contributed by atoms with Crippen LogP contribution in [0.4, 0.5) is 5.13 Å². The van der Waals surface area contributed by atoms with Crippen molar-refractivity contribution in [3.05, 3.63) is 96.8 Å². The number of carbonyl (C=O) groups is 1. The van der Waals surface area contributed by atoms with E-state index in [4.69, 9.17) is 14.5 Å². The molecular weight excluding hydrogens is 460 g/mol. The topological polar surface area (TPSA) is 69.5 Å². The average molecular weight is 485 g/mol. The Balaban J connectivity index is 1.43. The molecule has 0 spiro atoms. The molecule has 0 atom stereocenters. The second-order valence-corrected chi connectivity index (χ2v) is 8.71. The minimum absolute atomic E-state index is 0.138. The molecule has 0 fully saturated rings. The summed E-state index contributed by atoms with van der Waals surface area (Å²) in [6.07, 6.45) is 3.60. The summed E-state index contributed by atoms with van der Waals surface area (Å²) in [5.74, 6) is 1.99. The smallest absolute Gasteiger partial charge is 0.260 e. The molecule has 0 bridgehead atoms. The van der Waals surface area contributed by atoms with Crippen LogP contribution in [0, 0.1) is 0 Å². The van der Waals surface area contributed by atoms with Crippen LogP contribution in [0.15, 0.2) is 91.3 Å². The molecule has 176 valence electrons. The number of amides is 1. The molecule has 0 aliphatic heterocycles.